The van der Waals surface area contributed by atoms with E-state index >= 15 is 0 Å². The number of para-hydroxylation sites is 1. The van der Waals surface area contributed by atoms with E-state index in [0.29, 0.717) is 0 Å². The summed E-state index contributed by atoms with van der Waals surface area (Å²) in [6.45, 7) is 1.59. The van der Waals surface area contributed by atoms with Crippen LogP contribution in [0.1, 0.15) is 17.3 Å². The number of aromatic hydroxyl groups is 1. The molecule has 2 rings (SSSR count). The fourth-order valence-corrected chi connectivity index (χ4v) is 3.86. The summed E-state index contributed by atoms with van der Waals surface area (Å²) >= 11 is 0. The SMILES string of the molecule is CC1CS(=O)(=O)CCN1C(=O)c1cccc([N+](=O)[O-])c1O. The lowest BCUT2D eigenvalue weighted by atomic mass is 10.1. The van der Waals surface area contributed by atoms with Gasteiger partial charge in [-0.15, -0.1) is 0 Å². The molecule has 8 nitrogen and oxygen atoms in total. The van der Waals surface area contributed by atoms with Crippen LogP contribution in [0.4, 0.5) is 5.69 Å². The van der Waals surface area contributed by atoms with Crippen molar-refractivity contribution in [2.45, 2.75) is 13.0 Å². The summed E-state index contributed by atoms with van der Waals surface area (Å²) in [6, 6.07) is 3.13. The summed E-state index contributed by atoms with van der Waals surface area (Å²) in [5, 5.41) is 20.6. The van der Waals surface area contributed by atoms with Crippen molar-refractivity contribution in [3.05, 3.63) is 33.9 Å². The Morgan fingerprint density at radius 2 is 2.14 bits per heavy atom. The fraction of sp³-hybridized carbons (Fsp3) is 0.417. The van der Waals surface area contributed by atoms with Crippen LogP contribution in [-0.4, -0.2) is 53.3 Å². The number of hydrogen-bond acceptors (Lipinski definition) is 6. The molecule has 114 valence electrons. The molecule has 21 heavy (non-hydrogen) atoms. The van der Waals surface area contributed by atoms with Crippen LogP contribution in [0.5, 0.6) is 5.75 Å². The summed E-state index contributed by atoms with van der Waals surface area (Å²) in [5.41, 5.74) is -0.756. The molecule has 1 aromatic rings. The third kappa shape index (κ3) is 2.97. The van der Waals surface area contributed by atoms with E-state index in [2.05, 4.69) is 0 Å². The average molecular weight is 314 g/mol. The van der Waals surface area contributed by atoms with E-state index < -0.39 is 38.1 Å². The van der Waals surface area contributed by atoms with Gasteiger partial charge in [0.2, 0.25) is 5.75 Å². The molecule has 1 aliphatic heterocycles. The Balaban J connectivity index is 2.33. The molecular formula is C12H14N2O6S. The van der Waals surface area contributed by atoms with Crippen LogP contribution >= 0.6 is 0 Å². The molecule has 0 aliphatic carbocycles. The van der Waals surface area contributed by atoms with Gasteiger partial charge in [0.1, 0.15) is 0 Å². The molecule has 1 aliphatic rings. The first-order chi connectivity index (χ1) is 9.73. The second-order valence-electron chi connectivity index (χ2n) is 4.89. The van der Waals surface area contributed by atoms with Crippen LogP contribution in [0.15, 0.2) is 18.2 Å². The summed E-state index contributed by atoms with van der Waals surface area (Å²) in [4.78, 5) is 23.7. The number of nitrogens with zero attached hydrogens (tertiary/aromatic N) is 2. The minimum atomic E-state index is -3.18. The number of hydrogen-bond donors (Lipinski definition) is 1. The van der Waals surface area contributed by atoms with Gasteiger partial charge in [-0.1, -0.05) is 6.07 Å². The molecule has 1 aromatic carbocycles. The Kier molecular flexibility index (Phi) is 3.86. The Hall–Kier alpha value is -2.16. The third-order valence-corrected chi connectivity index (χ3v) is 5.17. The topological polar surface area (TPSA) is 118 Å². The zero-order chi connectivity index (χ0) is 15.8. The van der Waals surface area contributed by atoms with E-state index in [1.165, 1.54) is 17.0 Å². The highest BCUT2D eigenvalue weighted by atomic mass is 32.2. The van der Waals surface area contributed by atoms with Crippen molar-refractivity contribution in [3.8, 4) is 5.75 Å². The first-order valence-corrected chi connectivity index (χ1v) is 8.03. The van der Waals surface area contributed by atoms with Gasteiger partial charge >= 0.3 is 5.69 Å². The molecule has 1 heterocycles. The molecule has 0 radical (unpaired) electrons. The van der Waals surface area contributed by atoms with Gasteiger partial charge in [-0.2, -0.15) is 0 Å². The smallest absolute Gasteiger partial charge is 0.311 e. The predicted molar refractivity (Wildman–Crippen MR) is 73.9 cm³/mol. The molecule has 0 saturated carbocycles. The Labute approximate surface area is 121 Å². The summed E-state index contributed by atoms with van der Waals surface area (Å²) in [6.07, 6.45) is 0. The first kappa shape index (κ1) is 15.2. The molecule has 1 atom stereocenters. The lowest BCUT2D eigenvalue weighted by Crippen LogP contribution is -2.49. The van der Waals surface area contributed by atoms with Crippen molar-refractivity contribution in [1.82, 2.24) is 4.90 Å². The van der Waals surface area contributed by atoms with Crippen molar-refractivity contribution in [3.63, 3.8) is 0 Å². The minimum Gasteiger partial charge on any atom is -0.502 e. The van der Waals surface area contributed by atoms with E-state index in [1.807, 2.05) is 0 Å². The van der Waals surface area contributed by atoms with Gasteiger partial charge in [-0.05, 0) is 13.0 Å². The minimum absolute atomic E-state index is 0.00443. The molecule has 9 heteroatoms. The number of rotatable bonds is 2. The van der Waals surface area contributed by atoms with E-state index in [1.54, 1.807) is 6.92 Å². The molecule has 1 fully saturated rings. The number of nitro groups is 1. The quantitative estimate of drug-likeness (QED) is 0.629. The average Bonchev–Trinajstić information content (AvgIpc) is 2.36. The summed E-state index contributed by atoms with van der Waals surface area (Å²) in [7, 11) is -3.18. The van der Waals surface area contributed by atoms with Crippen molar-refractivity contribution in [2.75, 3.05) is 18.1 Å². The second-order valence-corrected chi connectivity index (χ2v) is 7.12. The standard InChI is InChI=1S/C12H14N2O6S/c1-8-7-21(19,20)6-5-13(8)12(16)9-3-2-4-10(11(9)15)14(17)18/h2-4,8,15H,5-7H2,1H3. The highest BCUT2D eigenvalue weighted by molar-refractivity contribution is 7.91. The van der Waals surface area contributed by atoms with Crippen LogP contribution in [0, 0.1) is 10.1 Å². The molecule has 0 bridgehead atoms. The maximum absolute atomic E-state index is 12.4. The van der Waals surface area contributed by atoms with Gasteiger partial charge in [0.15, 0.2) is 9.84 Å². The molecule has 1 unspecified atom stereocenters. The highest BCUT2D eigenvalue weighted by Gasteiger charge is 2.33. The normalized spacial score (nSPS) is 21.0. The van der Waals surface area contributed by atoms with Crippen LogP contribution in [0.3, 0.4) is 0 Å². The van der Waals surface area contributed by atoms with Gasteiger partial charge in [0, 0.05) is 18.7 Å². The fourth-order valence-electron chi connectivity index (χ4n) is 2.31. The number of benzene rings is 1. The zero-order valence-corrected chi connectivity index (χ0v) is 12.0. The van der Waals surface area contributed by atoms with E-state index in [4.69, 9.17) is 0 Å². The van der Waals surface area contributed by atoms with Crippen LogP contribution in [-0.2, 0) is 9.84 Å². The van der Waals surface area contributed by atoms with Crippen molar-refractivity contribution >= 4 is 21.4 Å². The summed E-state index contributed by atoms with van der Waals surface area (Å²) < 4.78 is 23.0. The lowest BCUT2D eigenvalue weighted by molar-refractivity contribution is -0.385. The van der Waals surface area contributed by atoms with Crippen molar-refractivity contribution in [2.24, 2.45) is 0 Å². The van der Waals surface area contributed by atoms with Crippen LogP contribution in [0.2, 0.25) is 0 Å². The lowest BCUT2D eigenvalue weighted by Gasteiger charge is -2.33. The number of phenols is 1. The van der Waals surface area contributed by atoms with Crippen LogP contribution in [0.25, 0.3) is 0 Å². The Bertz CT molecular complexity index is 700. The number of carbonyl (C=O) groups excluding carboxylic acids is 1. The van der Waals surface area contributed by atoms with Crippen LogP contribution < -0.4 is 0 Å². The third-order valence-electron chi connectivity index (χ3n) is 3.37. The number of nitro benzene ring substituents is 1. The molecule has 0 spiro atoms. The zero-order valence-electron chi connectivity index (χ0n) is 11.2. The maximum Gasteiger partial charge on any atom is 0.311 e. The number of amides is 1. The van der Waals surface area contributed by atoms with Crippen molar-refractivity contribution in [1.29, 1.82) is 0 Å². The molecule has 0 aromatic heterocycles. The first-order valence-electron chi connectivity index (χ1n) is 6.20. The number of phenolic OH excluding ortho intramolecular Hbond substituents is 1. The number of carbonyl (C=O) groups is 1. The molecule has 1 N–H and O–H groups in total. The Morgan fingerprint density at radius 3 is 2.71 bits per heavy atom. The monoisotopic (exact) mass is 314 g/mol. The molecular weight excluding hydrogens is 300 g/mol. The molecule has 1 amide bonds. The molecule has 1 saturated heterocycles. The van der Waals surface area contributed by atoms with Gasteiger partial charge in [-0.3, -0.25) is 14.9 Å². The van der Waals surface area contributed by atoms with Gasteiger partial charge in [0.05, 0.1) is 22.0 Å². The maximum atomic E-state index is 12.4. The van der Waals surface area contributed by atoms with E-state index in [-0.39, 0.29) is 23.6 Å². The van der Waals surface area contributed by atoms with Gasteiger partial charge < -0.3 is 10.0 Å². The van der Waals surface area contributed by atoms with E-state index in [9.17, 15) is 28.4 Å². The second kappa shape index (κ2) is 5.32. The summed E-state index contributed by atoms with van der Waals surface area (Å²) in [5.74, 6) is -1.63. The Morgan fingerprint density at radius 1 is 1.48 bits per heavy atom. The van der Waals surface area contributed by atoms with Gasteiger partial charge in [0.25, 0.3) is 5.91 Å². The largest absolute Gasteiger partial charge is 0.502 e. The highest BCUT2D eigenvalue weighted by Crippen LogP contribution is 2.31. The van der Waals surface area contributed by atoms with Crippen molar-refractivity contribution < 1.29 is 23.2 Å². The number of sulfone groups is 1. The predicted octanol–water partition coefficient (Wildman–Crippen LogP) is 0.559. The van der Waals surface area contributed by atoms with Gasteiger partial charge in [-0.25, -0.2) is 8.42 Å². The van der Waals surface area contributed by atoms with E-state index in [0.717, 1.165) is 6.07 Å².